The van der Waals surface area contributed by atoms with Crippen molar-refractivity contribution in [3.63, 3.8) is 0 Å². The van der Waals surface area contributed by atoms with Crippen LogP contribution in [-0.2, 0) is 0 Å². The first-order valence-corrected chi connectivity index (χ1v) is 3.32. The Labute approximate surface area is 69.6 Å². The first-order chi connectivity index (χ1) is 6.11. The average molecular weight is 190 g/mol. The summed E-state index contributed by atoms with van der Waals surface area (Å²) in [7, 11) is 0. The van der Waals surface area contributed by atoms with Crippen LogP contribution in [0.25, 0.3) is 11.0 Å². The lowest BCUT2D eigenvalue weighted by atomic mass is 10.2. The lowest BCUT2D eigenvalue weighted by Crippen LogP contribution is -1.85. The van der Waals surface area contributed by atoms with Gasteiger partial charge in [-0.1, -0.05) is 0 Å². The molecule has 68 valence electrons. The van der Waals surface area contributed by atoms with E-state index in [1.54, 1.807) is 0 Å². The predicted molar refractivity (Wildman–Crippen MR) is 36.0 cm³/mol. The van der Waals surface area contributed by atoms with Crippen LogP contribution in [0.1, 0.15) is 0 Å². The SMILES string of the molecule is Fc1ccc2oc(F)c(F)c2c1F. The molecule has 1 aromatic heterocycles. The summed E-state index contributed by atoms with van der Waals surface area (Å²) in [5.74, 6) is -4.19. The van der Waals surface area contributed by atoms with Gasteiger partial charge in [0.2, 0.25) is 5.82 Å². The van der Waals surface area contributed by atoms with Crippen molar-refractivity contribution in [2.75, 3.05) is 0 Å². The molecule has 0 fully saturated rings. The van der Waals surface area contributed by atoms with Crippen LogP contribution in [0.3, 0.4) is 0 Å². The Bertz CT molecular complexity index is 474. The highest BCUT2D eigenvalue weighted by Gasteiger charge is 2.19. The first-order valence-electron chi connectivity index (χ1n) is 3.32. The molecule has 0 spiro atoms. The molecule has 5 heteroatoms. The number of rotatable bonds is 0. The summed E-state index contributed by atoms with van der Waals surface area (Å²) in [6, 6.07) is 0.152. The second-order valence-electron chi connectivity index (χ2n) is 2.42. The predicted octanol–water partition coefficient (Wildman–Crippen LogP) is 2.99. The van der Waals surface area contributed by atoms with Crippen molar-refractivity contribution in [1.29, 1.82) is 0 Å². The van der Waals surface area contributed by atoms with Gasteiger partial charge in [-0.15, -0.1) is 0 Å². The van der Waals surface area contributed by atoms with E-state index in [2.05, 4.69) is 4.42 Å². The molecule has 2 rings (SSSR count). The maximum Gasteiger partial charge on any atom is 0.315 e. The van der Waals surface area contributed by atoms with Gasteiger partial charge < -0.3 is 4.42 Å². The first kappa shape index (κ1) is 8.10. The van der Waals surface area contributed by atoms with Crippen LogP contribution in [0.15, 0.2) is 16.5 Å². The number of hydrogen-bond acceptors (Lipinski definition) is 1. The molecule has 0 radical (unpaired) electrons. The maximum atomic E-state index is 12.8. The average Bonchev–Trinajstić information content (AvgIpc) is 2.37. The number of hydrogen-bond donors (Lipinski definition) is 0. The normalized spacial score (nSPS) is 11.1. The van der Waals surface area contributed by atoms with E-state index in [-0.39, 0.29) is 5.58 Å². The van der Waals surface area contributed by atoms with Crippen molar-refractivity contribution >= 4 is 11.0 Å². The minimum Gasteiger partial charge on any atom is -0.429 e. The molecule has 1 nitrogen and oxygen atoms in total. The summed E-state index contributed by atoms with van der Waals surface area (Å²) in [5, 5.41) is -0.794. The minimum absolute atomic E-state index is 0.353. The number of fused-ring (bicyclic) bond motifs is 1. The van der Waals surface area contributed by atoms with Gasteiger partial charge in [0.25, 0.3) is 0 Å². The van der Waals surface area contributed by atoms with Gasteiger partial charge in [0, 0.05) is 0 Å². The van der Waals surface area contributed by atoms with Gasteiger partial charge in [0.1, 0.15) is 5.58 Å². The molecule has 0 unspecified atom stereocenters. The van der Waals surface area contributed by atoms with E-state index in [0.29, 0.717) is 0 Å². The molecule has 0 aliphatic heterocycles. The molecule has 0 aliphatic carbocycles. The molecule has 1 aromatic carbocycles. The third kappa shape index (κ3) is 0.998. The van der Waals surface area contributed by atoms with Crippen LogP contribution in [0.5, 0.6) is 0 Å². The summed E-state index contributed by atoms with van der Waals surface area (Å²) in [6.07, 6.45) is 0. The summed E-state index contributed by atoms with van der Waals surface area (Å²) in [6.45, 7) is 0. The Morgan fingerprint density at radius 1 is 0.923 bits per heavy atom. The van der Waals surface area contributed by atoms with Gasteiger partial charge >= 0.3 is 6.01 Å². The van der Waals surface area contributed by atoms with Gasteiger partial charge in [0.05, 0.1) is 5.39 Å². The van der Waals surface area contributed by atoms with Gasteiger partial charge in [0.15, 0.2) is 11.6 Å². The van der Waals surface area contributed by atoms with Gasteiger partial charge in [-0.25, -0.2) is 8.78 Å². The largest absolute Gasteiger partial charge is 0.429 e. The zero-order chi connectivity index (χ0) is 9.59. The zero-order valence-corrected chi connectivity index (χ0v) is 6.07. The molecule has 0 aliphatic rings. The highest BCUT2D eigenvalue weighted by molar-refractivity contribution is 5.78. The third-order valence-electron chi connectivity index (χ3n) is 1.65. The molecule has 0 bridgehead atoms. The number of halogens is 4. The molecule has 0 N–H and O–H groups in total. The highest BCUT2D eigenvalue weighted by Crippen LogP contribution is 2.26. The summed E-state index contributed by atoms with van der Waals surface area (Å²) >= 11 is 0. The smallest absolute Gasteiger partial charge is 0.315 e. The topological polar surface area (TPSA) is 13.1 Å². The van der Waals surface area contributed by atoms with Crippen molar-refractivity contribution in [2.45, 2.75) is 0 Å². The van der Waals surface area contributed by atoms with Crippen LogP contribution in [-0.4, -0.2) is 0 Å². The van der Waals surface area contributed by atoms with E-state index in [9.17, 15) is 17.6 Å². The van der Waals surface area contributed by atoms with Gasteiger partial charge in [-0.05, 0) is 12.1 Å². The fourth-order valence-electron chi connectivity index (χ4n) is 1.06. The fourth-order valence-corrected chi connectivity index (χ4v) is 1.06. The third-order valence-corrected chi connectivity index (χ3v) is 1.65. The quantitative estimate of drug-likeness (QED) is 0.582. The van der Waals surface area contributed by atoms with Crippen LogP contribution in [0.4, 0.5) is 17.6 Å². The van der Waals surface area contributed by atoms with Crippen molar-refractivity contribution in [3.05, 3.63) is 35.6 Å². The fraction of sp³-hybridized carbons (Fsp3) is 0. The summed E-state index contributed by atoms with van der Waals surface area (Å²) in [4.78, 5) is 0. The van der Waals surface area contributed by atoms with E-state index >= 15 is 0 Å². The maximum absolute atomic E-state index is 12.8. The van der Waals surface area contributed by atoms with Crippen molar-refractivity contribution in [3.8, 4) is 0 Å². The van der Waals surface area contributed by atoms with Gasteiger partial charge in [-0.3, -0.25) is 0 Å². The van der Waals surface area contributed by atoms with Crippen LogP contribution < -0.4 is 0 Å². The van der Waals surface area contributed by atoms with E-state index in [1.807, 2.05) is 0 Å². The van der Waals surface area contributed by atoms with E-state index < -0.39 is 28.9 Å². The number of furan rings is 1. The molecule has 0 saturated heterocycles. The molecule has 0 saturated carbocycles. The second-order valence-corrected chi connectivity index (χ2v) is 2.42. The van der Waals surface area contributed by atoms with Crippen LogP contribution in [0.2, 0.25) is 0 Å². The Hall–Kier alpha value is -1.52. The Kier molecular flexibility index (Phi) is 1.55. The monoisotopic (exact) mass is 190 g/mol. The van der Waals surface area contributed by atoms with Crippen molar-refractivity contribution in [1.82, 2.24) is 0 Å². The lowest BCUT2D eigenvalue weighted by molar-refractivity contribution is 0.342. The lowest BCUT2D eigenvalue weighted by Gasteiger charge is -1.91. The van der Waals surface area contributed by atoms with Crippen molar-refractivity contribution < 1.29 is 22.0 Å². The van der Waals surface area contributed by atoms with Crippen LogP contribution in [0, 0.1) is 23.5 Å². The molecule has 2 aromatic rings. The summed E-state index contributed by atoms with van der Waals surface area (Å²) in [5.41, 5.74) is -0.353. The molecule has 13 heavy (non-hydrogen) atoms. The Morgan fingerprint density at radius 2 is 1.62 bits per heavy atom. The van der Waals surface area contributed by atoms with Crippen molar-refractivity contribution in [2.24, 2.45) is 0 Å². The molecule has 0 atom stereocenters. The second kappa shape index (κ2) is 2.48. The van der Waals surface area contributed by atoms with Crippen LogP contribution >= 0.6 is 0 Å². The Morgan fingerprint density at radius 3 is 2.31 bits per heavy atom. The molecule has 0 amide bonds. The molecular weight excluding hydrogens is 188 g/mol. The van der Waals surface area contributed by atoms with E-state index in [1.165, 1.54) is 0 Å². The standard InChI is InChI=1S/C8H2F4O/c9-3-1-2-4-5(6(3)10)7(11)8(12)13-4/h1-2H. The Balaban J connectivity index is 2.97. The van der Waals surface area contributed by atoms with E-state index in [4.69, 9.17) is 0 Å². The molecule has 1 heterocycles. The van der Waals surface area contributed by atoms with E-state index in [0.717, 1.165) is 12.1 Å². The molecular formula is C8H2F4O. The highest BCUT2D eigenvalue weighted by atomic mass is 19.2. The number of benzene rings is 1. The van der Waals surface area contributed by atoms with Gasteiger partial charge in [-0.2, -0.15) is 8.78 Å². The zero-order valence-electron chi connectivity index (χ0n) is 6.07. The minimum atomic E-state index is -1.54. The summed E-state index contributed by atoms with van der Waals surface area (Å²) < 4.78 is 54.7.